The maximum Gasteiger partial charge on any atom is 0.404 e. The molecule has 0 atom stereocenters. The number of carbonyl (C=O) groups is 1. The van der Waals surface area contributed by atoms with Crippen LogP contribution in [0, 0.1) is 5.82 Å². The van der Waals surface area contributed by atoms with Crippen molar-refractivity contribution in [3.8, 4) is 22.9 Å². The molecule has 0 bridgehead atoms. The summed E-state index contributed by atoms with van der Waals surface area (Å²) in [4.78, 5) is 15.5. The highest BCUT2D eigenvalue weighted by molar-refractivity contribution is 9.10. The minimum atomic E-state index is -1.14. The first-order valence-electron chi connectivity index (χ1n) is 10.2. The predicted octanol–water partition coefficient (Wildman–Crippen LogP) is 6.03. The van der Waals surface area contributed by atoms with Crippen LogP contribution in [0.25, 0.3) is 22.0 Å². The molecule has 4 aromatic rings. The molecule has 8 heteroatoms. The number of hydrogen-bond acceptors (Lipinski definition) is 4. The van der Waals surface area contributed by atoms with E-state index < -0.39 is 11.9 Å². The van der Waals surface area contributed by atoms with Crippen LogP contribution in [0.1, 0.15) is 5.56 Å². The number of halogens is 2. The molecule has 0 aliphatic rings. The largest absolute Gasteiger partial charge is 0.489 e. The van der Waals surface area contributed by atoms with Gasteiger partial charge in [0, 0.05) is 15.4 Å². The summed E-state index contributed by atoms with van der Waals surface area (Å²) >= 11 is 3.48. The molecule has 168 valence electrons. The van der Waals surface area contributed by atoms with Crippen molar-refractivity contribution in [1.29, 1.82) is 0 Å². The smallest absolute Gasteiger partial charge is 0.404 e. The molecule has 2 N–H and O–H groups in total. The van der Waals surface area contributed by atoms with Crippen LogP contribution in [0.15, 0.2) is 77.3 Å². The van der Waals surface area contributed by atoms with Gasteiger partial charge in [0.1, 0.15) is 24.7 Å². The minimum absolute atomic E-state index is 0.0751. The Bertz CT molecular complexity index is 1280. The van der Waals surface area contributed by atoms with Gasteiger partial charge >= 0.3 is 6.09 Å². The average molecular weight is 511 g/mol. The second-order valence-electron chi connectivity index (χ2n) is 7.15. The molecule has 0 radical (unpaired) electrons. The topological polar surface area (TPSA) is 80.7 Å². The van der Waals surface area contributed by atoms with E-state index in [9.17, 15) is 9.18 Å². The Labute approximate surface area is 198 Å². The van der Waals surface area contributed by atoms with E-state index in [1.807, 2.05) is 54.6 Å². The maximum atomic E-state index is 14.2. The third-order valence-corrected chi connectivity index (χ3v) is 5.32. The van der Waals surface area contributed by atoms with Gasteiger partial charge in [0.05, 0.1) is 11.9 Å². The molecule has 0 aliphatic heterocycles. The zero-order valence-electron chi connectivity index (χ0n) is 17.4. The van der Waals surface area contributed by atoms with Gasteiger partial charge in [-0.25, -0.2) is 14.2 Å². The van der Waals surface area contributed by atoms with Gasteiger partial charge in [-0.3, -0.25) is 0 Å². The lowest BCUT2D eigenvalue weighted by Crippen LogP contribution is -2.26. The van der Waals surface area contributed by atoms with Crippen molar-refractivity contribution in [3.63, 3.8) is 0 Å². The molecule has 33 heavy (non-hydrogen) atoms. The summed E-state index contributed by atoms with van der Waals surface area (Å²) in [6.45, 7) is 0.425. The Kier molecular flexibility index (Phi) is 7.04. The number of benzene rings is 3. The number of ether oxygens (including phenoxy) is 2. The number of amides is 1. The Hall–Kier alpha value is -3.65. The third kappa shape index (κ3) is 5.59. The van der Waals surface area contributed by atoms with Crippen molar-refractivity contribution < 1.29 is 23.8 Å². The average Bonchev–Trinajstić information content (AvgIpc) is 2.81. The van der Waals surface area contributed by atoms with Crippen LogP contribution in [0.3, 0.4) is 0 Å². The molecule has 0 unspecified atom stereocenters. The molecular formula is C25H20BrFN2O4. The van der Waals surface area contributed by atoms with E-state index in [4.69, 9.17) is 19.6 Å². The summed E-state index contributed by atoms with van der Waals surface area (Å²) in [5.41, 5.74) is 2.23. The first-order valence-corrected chi connectivity index (χ1v) is 11.0. The Balaban J connectivity index is 1.80. The van der Waals surface area contributed by atoms with Crippen LogP contribution in [0.2, 0.25) is 0 Å². The van der Waals surface area contributed by atoms with E-state index in [0.29, 0.717) is 22.2 Å². The first kappa shape index (κ1) is 22.5. The van der Waals surface area contributed by atoms with E-state index in [1.165, 1.54) is 12.1 Å². The lowest BCUT2D eigenvalue weighted by Gasteiger charge is -2.17. The van der Waals surface area contributed by atoms with Gasteiger partial charge in [0.25, 0.3) is 0 Å². The van der Waals surface area contributed by atoms with Crippen LogP contribution in [-0.2, 0) is 6.61 Å². The van der Waals surface area contributed by atoms with Gasteiger partial charge in [0.15, 0.2) is 5.75 Å². The number of pyridine rings is 1. The van der Waals surface area contributed by atoms with Gasteiger partial charge in [-0.15, -0.1) is 0 Å². The van der Waals surface area contributed by atoms with E-state index in [0.717, 1.165) is 15.6 Å². The zero-order valence-corrected chi connectivity index (χ0v) is 19.0. The summed E-state index contributed by atoms with van der Waals surface area (Å²) in [7, 11) is 0. The number of nitrogens with zero attached hydrogens (tertiary/aromatic N) is 1. The quantitative estimate of drug-likeness (QED) is 0.283. The highest BCUT2D eigenvalue weighted by Gasteiger charge is 2.19. The van der Waals surface area contributed by atoms with Gasteiger partial charge in [0.2, 0.25) is 5.88 Å². The fraction of sp³-hybridized carbons (Fsp3) is 0.120. The second kappa shape index (κ2) is 10.3. The first-order chi connectivity index (χ1) is 16.0. The van der Waals surface area contributed by atoms with Crippen molar-refractivity contribution in [2.24, 2.45) is 0 Å². The van der Waals surface area contributed by atoms with Crippen molar-refractivity contribution >= 4 is 32.8 Å². The molecule has 0 spiro atoms. The van der Waals surface area contributed by atoms with Crippen LogP contribution in [-0.4, -0.2) is 29.3 Å². The SMILES string of the molecule is O=C(O)NCCOc1c(-c2cccc(Br)c2)nc(OCc2ccccc2)c2cc(F)ccc12. The van der Waals surface area contributed by atoms with Gasteiger partial charge in [-0.05, 0) is 35.9 Å². The van der Waals surface area contributed by atoms with Crippen molar-refractivity contribution in [1.82, 2.24) is 10.3 Å². The van der Waals surface area contributed by atoms with Crippen LogP contribution >= 0.6 is 15.9 Å². The molecule has 4 rings (SSSR count). The van der Waals surface area contributed by atoms with Crippen LogP contribution < -0.4 is 14.8 Å². The van der Waals surface area contributed by atoms with Crippen molar-refractivity contribution in [3.05, 3.63) is 88.6 Å². The van der Waals surface area contributed by atoms with Crippen LogP contribution in [0.4, 0.5) is 9.18 Å². The number of rotatable bonds is 8. The summed E-state index contributed by atoms with van der Waals surface area (Å²) in [5.74, 6) is 0.268. The highest BCUT2D eigenvalue weighted by Crippen LogP contribution is 2.40. The molecule has 0 fully saturated rings. The number of carboxylic acid groups (broad SMARTS) is 1. The number of nitrogens with one attached hydrogen (secondary N) is 1. The van der Waals surface area contributed by atoms with E-state index in [1.54, 1.807) is 6.07 Å². The Morgan fingerprint density at radius 2 is 1.82 bits per heavy atom. The van der Waals surface area contributed by atoms with Gasteiger partial charge < -0.3 is 19.9 Å². The highest BCUT2D eigenvalue weighted by atomic mass is 79.9. The Morgan fingerprint density at radius 1 is 1.00 bits per heavy atom. The lowest BCUT2D eigenvalue weighted by atomic mass is 10.0. The van der Waals surface area contributed by atoms with Crippen molar-refractivity contribution in [2.75, 3.05) is 13.2 Å². The number of fused-ring (bicyclic) bond motifs is 1. The fourth-order valence-corrected chi connectivity index (χ4v) is 3.76. The lowest BCUT2D eigenvalue weighted by molar-refractivity contribution is 0.191. The maximum absolute atomic E-state index is 14.2. The Morgan fingerprint density at radius 3 is 2.58 bits per heavy atom. The molecular weight excluding hydrogens is 491 g/mol. The summed E-state index contributed by atoms with van der Waals surface area (Å²) in [6.07, 6.45) is -1.14. The number of aromatic nitrogens is 1. The molecule has 1 aromatic heterocycles. The molecule has 0 saturated carbocycles. The zero-order chi connectivity index (χ0) is 23.2. The molecule has 1 amide bonds. The number of hydrogen-bond donors (Lipinski definition) is 2. The van der Waals surface area contributed by atoms with E-state index in [-0.39, 0.29) is 25.6 Å². The molecule has 3 aromatic carbocycles. The fourth-order valence-electron chi connectivity index (χ4n) is 3.36. The second-order valence-corrected chi connectivity index (χ2v) is 8.07. The van der Waals surface area contributed by atoms with Gasteiger partial charge in [-0.1, -0.05) is 58.4 Å². The summed E-state index contributed by atoms with van der Waals surface area (Å²) in [5, 5.41) is 12.2. The van der Waals surface area contributed by atoms with Crippen LogP contribution in [0.5, 0.6) is 11.6 Å². The summed E-state index contributed by atoms with van der Waals surface area (Å²) < 4.78 is 27.0. The molecule has 6 nitrogen and oxygen atoms in total. The third-order valence-electron chi connectivity index (χ3n) is 4.83. The monoisotopic (exact) mass is 510 g/mol. The van der Waals surface area contributed by atoms with E-state index in [2.05, 4.69) is 21.2 Å². The molecule has 0 saturated heterocycles. The predicted molar refractivity (Wildman–Crippen MR) is 127 cm³/mol. The summed E-state index contributed by atoms with van der Waals surface area (Å²) in [6, 6.07) is 21.5. The molecule has 1 heterocycles. The van der Waals surface area contributed by atoms with Crippen molar-refractivity contribution in [2.45, 2.75) is 6.61 Å². The van der Waals surface area contributed by atoms with E-state index >= 15 is 0 Å². The minimum Gasteiger partial charge on any atom is -0.489 e. The normalized spacial score (nSPS) is 10.7. The molecule has 0 aliphatic carbocycles. The van der Waals surface area contributed by atoms with Gasteiger partial charge in [-0.2, -0.15) is 0 Å². The standard InChI is InChI=1S/C25H20BrFN2O4/c26-18-8-4-7-17(13-18)22-23(32-12-11-28-25(30)31)20-10-9-19(27)14-21(20)24(29-22)33-15-16-5-2-1-3-6-16/h1-10,13-14,28H,11-12,15H2,(H,30,31).